The molecule has 0 bridgehead atoms. The standard InChI is InChI=1S/C23H29NO3/c1-16(2)12-13-24-22(25)18-10-8-17(9-11-18)15-26-20-7-5-6-19-14-23(3,4)27-21(19)20/h5-11,16H,12-15H2,1-4H3,(H,24,25). The lowest BCUT2D eigenvalue weighted by atomic mass is 10.0. The van der Waals surface area contributed by atoms with E-state index < -0.39 is 0 Å². The summed E-state index contributed by atoms with van der Waals surface area (Å²) in [5.74, 6) is 2.18. The van der Waals surface area contributed by atoms with Crippen molar-refractivity contribution in [2.45, 2.75) is 52.7 Å². The number of benzene rings is 2. The van der Waals surface area contributed by atoms with Crippen LogP contribution in [0.1, 0.15) is 55.6 Å². The molecule has 1 amide bonds. The molecule has 1 aliphatic heterocycles. The summed E-state index contributed by atoms with van der Waals surface area (Å²) in [6.45, 7) is 9.61. The van der Waals surface area contributed by atoms with E-state index in [4.69, 9.17) is 9.47 Å². The van der Waals surface area contributed by atoms with Crippen molar-refractivity contribution in [3.05, 3.63) is 59.2 Å². The number of rotatable bonds is 7. The van der Waals surface area contributed by atoms with Gasteiger partial charge in [0.25, 0.3) is 5.91 Å². The molecule has 1 N–H and O–H groups in total. The van der Waals surface area contributed by atoms with Gasteiger partial charge in [-0.3, -0.25) is 4.79 Å². The number of fused-ring (bicyclic) bond motifs is 1. The predicted octanol–water partition coefficient (Wildman–Crippen LogP) is 4.76. The number of carbonyl (C=O) groups excluding carboxylic acids is 1. The zero-order valence-corrected chi connectivity index (χ0v) is 16.7. The molecule has 0 radical (unpaired) electrons. The molecule has 0 aromatic heterocycles. The summed E-state index contributed by atoms with van der Waals surface area (Å²) in [5.41, 5.74) is 2.69. The van der Waals surface area contributed by atoms with Crippen molar-refractivity contribution in [3.63, 3.8) is 0 Å². The van der Waals surface area contributed by atoms with Crippen molar-refractivity contribution in [1.29, 1.82) is 0 Å². The van der Waals surface area contributed by atoms with Crippen LogP contribution in [0.5, 0.6) is 11.5 Å². The molecule has 0 spiro atoms. The van der Waals surface area contributed by atoms with Gasteiger partial charge in [-0.15, -0.1) is 0 Å². The normalized spacial score (nSPS) is 14.6. The van der Waals surface area contributed by atoms with E-state index in [2.05, 4.69) is 39.1 Å². The first-order valence-corrected chi connectivity index (χ1v) is 9.65. The Bertz CT molecular complexity index is 794. The third-order valence-electron chi connectivity index (χ3n) is 4.67. The lowest BCUT2D eigenvalue weighted by Crippen LogP contribution is -2.25. The minimum Gasteiger partial charge on any atom is -0.485 e. The number of hydrogen-bond donors (Lipinski definition) is 1. The van der Waals surface area contributed by atoms with Gasteiger partial charge in [-0.25, -0.2) is 0 Å². The molecule has 2 aromatic rings. The number of hydrogen-bond acceptors (Lipinski definition) is 3. The molecule has 1 heterocycles. The van der Waals surface area contributed by atoms with Crippen LogP contribution >= 0.6 is 0 Å². The van der Waals surface area contributed by atoms with Crippen molar-refractivity contribution < 1.29 is 14.3 Å². The highest BCUT2D eigenvalue weighted by Crippen LogP contribution is 2.41. The van der Waals surface area contributed by atoms with Gasteiger partial charge in [-0.1, -0.05) is 38.1 Å². The molecule has 1 aliphatic rings. The number of para-hydroxylation sites is 1. The van der Waals surface area contributed by atoms with Crippen molar-refractivity contribution in [2.24, 2.45) is 5.92 Å². The third kappa shape index (κ3) is 5.03. The van der Waals surface area contributed by atoms with Crippen LogP contribution in [0.2, 0.25) is 0 Å². The molecule has 4 heteroatoms. The Kier molecular flexibility index (Phi) is 5.73. The van der Waals surface area contributed by atoms with E-state index in [0.29, 0.717) is 24.6 Å². The Morgan fingerprint density at radius 1 is 1.19 bits per heavy atom. The first-order chi connectivity index (χ1) is 12.8. The van der Waals surface area contributed by atoms with Gasteiger partial charge in [-0.05, 0) is 49.9 Å². The van der Waals surface area contributed by atoms with Gasteiger partial charge in [0.05, 0.1) is 0 Å². The molecule has 3 rings (SSSR count). The highest BCUT2D eigenvalue weighted by atomic mass is 16.5. The molecule has 0 saturated heterocycles. The second kappa shape index (κ2) is 8.03. The van der Waals surface area contributed by atoms with Crippen LogP contribution in [0.25, 0.3) is 0 Å². The minimum absolute atomic E-state index is 0.0281. The summed E-state index contributed by atoms with van der Waals surface area (Å²) < 4.78 is 12.0. The smallest absolute Gasteiger partial charge is 0.251 e. The zero-order valence-electron chi connectivity index (χ0n) is 16.7. The topological polar surface area (TPSA) is 47.6 Å². The van der Waals surface area contributed by atoms with Crippen molar-refractivity contribution in [3.8, 4) is 11.5 Å². The molecule has 0 fully saturated rings. The molecule has 0 saturated carbocycles. The molecule has 144 valence electrons. The van der Waals surface area contributed by atoms with Crippen molar-refractivity contribution in [1.82, 2.24) is 5.32 Å². The molecule has 4 nitrogen and oxygen atoms in total. The fraction of sp³-hybridized carbons (Fsp3) is 0.435. The van der Waals surface area contributed by atoms with Gasteiger partial charge in [-0.2, -0.15) is 0 Å². The fourth-order valence-electron chi connectivity index (χ4n) is 3.19. The molecule has 27 heavy (non-hydrogen) atoms. The van der Waals surface area contributed by atoms with Crippen LogP contribution in [0.3, 0.4) is 0 Å². The van der Waals surface area contributed by atoms with Crippen LogP contribution in [-0.4, -0.2) is 18.1 Å². The predicted molar refractivity (Wildman–Crippen MR) is 107 cm³/mol. The Balaban J connectivity index is 1.57. The van der Waals surface area contributed by atoms with Crippen LogP contribution in [0, 0.1) is 5.92 Å². The molecule has 2 aromatic carbocycles. The summed E-state index contributed by atoms with van der Waals surface area (Å²) >= 11 is 0. The summed E-state index contributed by atoms with van der Waals surface area (Å²) in [4.78, 5) is 12.1. The van der Waals surface area contributed by atoms with Crippen LogP contribution < -0.4 is 14.8 Å². The van der Waals surface area contributed by atoms with E-state index in [1.165, 1.54) is 5.56 Å². The Morgan fingerprint density at radius 2 is 1.93 bits per heavy atom. The Morgan fingerprint density at radius 3 is 2.63 bits per heavy atom. The van der Waals surface area contributed by atoms with Gasteiger partial charge in [0, 0.05) is 24.1 Å². The second-order valence-corrected chi connectivity index (χ2v) is 8.21. The summed E-state index contributed by atoms with van der Waals surface area (Å²) in [6, 6.07) is 13.6. The lowest BCUT2D eigenvalue weighted by Gasteiger charge is -2.18. The van der Waals surface area contributed by atoms with Crippen molar-refractivity contribution in [2.75, 3.05) is 6.54 Å². The lowest BCUT2D eigenvalue weighted by molar-refractivity contribution is 0.0952. The number of carbonyl (C=O) groups is 1. The number of nitrogens with one attached hydrogen (secondary N) is 1. The summed E-state index contributed by atoms with van der Waals surface area (Å²) in [5, 5.41) is 2.96. The quantitative estimate of drug-likeness (QED) is 0.768. The molecular weight excluding hydrogens is 338 g/mol. The van der Waals surface area contributed by atoms with Crippen LogP contribution in [0.4, 0.5) is 0 Å². The molecule has 0 aliphatic carbocycles. The van der Waals surface area contributed by atoms with Crippen LogP contribution in [0.15, 0.2) is 42.5 Å². The average molecular weight is 367 g/mol. The molecule has 0 atom stereocenters. The van der Waals surface area contributed by atoms with Gasteiger partial charge in [0.15, 0.2) is 11.5 Å². The summed E-state index contributed by atoms with van der Waals surface area (Å²) in [6.07, 6.45) is 1.87. The second-order valence-electron chi connectivity index (χ2n) is 8.21. The maximum atomic E-state index is 12.1. The van der Waals surface area contributed by atoms with E-state index >= 15 is 0 Å². The largest absolute Gasteiger partial charge is 0.485 e. The Hall–Kier alpha value is -2.49. The van der Waals surface area contributed by atoms with Gasteiger partial charge >= 0.3 is 0 Å². The minimum atomic E-state index is -0.188. The number of ether oxygens (including phenoxy) is 2. The van der Waals surface area contributed by atoms with Crippen LogP contribution in [-0.2, 0) is 13.0 Å². The third-order valence-corrected chi connectivity index (χ3v) is 4.67. The van der Waals surface area contributed by atoms with E-state index in [9.17, 15) is 4.79 Å². The van der Waals surface area contributed by atoms with E-state index in [1.807, 2.05) is 36.4 Å². The van der Waals surface area contributed by atoms with E-state index in [-0.39, 0.29) is 11.5 Å². The highest BCUT2D eigenvalue weighted by Gasteiger charge is 2.32. The molecule has 0 unspecified atom stereocenters. The molecular formula is C23H29NO3. The number of amides is 1. The van der Waals surface area contributed by atoms with E-state index in [0.717, 1.165) is 29.9 Å². The van der Waals surface area contributed by atoms with E-state index in [1.54, 1.807) is 0 Å². The fourth-order valence-corrected chi connectivity index (χ4v) is 3.19. The summed E-state index contributed by atoms with van der Waals surface area (Å²) in [7, 11) is 0. The van der Waals surface area contributed by atoms with Gasteiger partial charge in [0.2, 0.25) is 0 Å². The zero-order chi connectivity index (χ0) is 19.4. The SMILES string of the molecule is CC(C)CCNC(=O)c1ccc(COc2cccc3c2OC(C)(C)C3)cc1. The first-order valence-electron chi connectivity index (χ1n) is 9.65. The Labute approximate surface area is 161 Å². The van der Waals surface area contributed by atoms with Gasteiger partial charge in [0.1, 0.15) is 12.2 Å². The average Bonchev–Trinajstić information content (AvgIpc) is 2.94. The highest BCUT2D eigenvalue weighted by molar-refractivity contribution is 5.94. The monoisotopic (exact) mass is 367 g/mol. The first kappa shape index (κ1) is 19.3. The maximum absolute atomic E-state index is 12.1. The van der Waals surface area contributed by atoms with Gasteiger partial charge < -0.3 is 14.8 Å². The van der Waals surface area contributed by atoms with Crippen molar-refractivity contribution >= 4 is 5.91 Å². The maximum Gasteiger partial charge on any atom is 0.251 e.